The number of rotatable bonds is 13. The molecule has 0 saturated carbocycles. The summed E-state index contributed by atoms with van der Waals surface area (Å²) < 4.78 is 41.1. The fourth-order valence-corrected chi connectivity index (χ4v) is 8.59. The lowest BCUT2D eigenvalue weighted by Crippen LogP contribution is -2.29. The molecule has 2 heterocycles. The first-order valence-corrected chi connectivity index (χ1v) is 21.5. The van der Waals surface area contributed by atoms with Gasteiger partial charge >= 0.3 is 0 Å². The van der Waals surface area contributed by atoms with Gasteiger partial charge in [0.15, 0.2) is 5.71 Å². The van der Waals surface area contributed by atoms with Crippen molar-refractivity contribution in [3.63, 3.8) is 0 Å². The zero-order chi connectivity index (χ0) is 43.9. The summed E-state index contributed by atoms with van der Waals surface area (Å²) in [6.07, 6.45) is 20.2. The van der Waals surface area contributed by atoms with Crippen molar-refractivity contribution < 1.29 is 27.1 Å². The van der Waals surface area contributed by atoms with Crippen LogP contribution in [0.25, 0.3) is 21.5 Å². The number of benzene rings is 4. The number of carbonyl (C=O) groups is 1. The van der Waals surface area contributed by atoms with Gasteiger partial charge in [-0.25, -0.2) is 8.42 Å². The molecule has 0 aliphatic carbocycles. The van der Waals surface area contributed by atoms with Crippen LogP contribution in [-0.4, -0.2) is 55.2 Å². The summed E-state index contributed by atoms with van der Waals surface area (Å²) in [6.45, 7) is 12.6. The molecule has 0 unspecified atom stereocenters. The fraction of sp³-hybridized carbons (Fsp3) is 0.245. The van der Waals surface area contributed by atoms with E-state index in [0.29, 0.717) is 39.0 Å². The molecule has 0 radical (unpaired) electrons. The zero-order valence-corrected chi connectivity index (χ0v) is 36.0. The first kappa shape index (κ1) is 45.1. The quantitative estimate of drug-likeness (QED) is 0.0335. The van der Waals surface area contributed by atoms with Gasteiger partial charge in [-0.05, 0) is 120 Å². The highest BCUT2D eigenvalue weighted by molar-refractivity contribution is 7.85. The predicted octanol–water partition coefficient (Wildman–Crippen LogP) is 8.87. The van der Waals surface area contributed by atoms with Gasteiger partial charge in [-0.15, -0.1) is 6.42 Å². The lowest BCUT2D eigenvalue weighted by atomic mass is 9.79. The van der Waals surface area contributed by atoms with E-state index in [1.54, 1.807) is 6.92 Å². The summed E-state index contributed by atoms with van der Waals surface area (Å²) >= 11 is 0. The van der Waals surface area contributed by atoms with Crippen LogP contribution in [0.15, 0.2) is 121 Å². The number of terminal acetylenes is 1. The topological polar surface area (TPSA) is 89.8 Å². The van der Waals surface area contributed by atoms with Crippen molar-refractivity contribution in [2.24, 2.45) is 0 Å². The van der Waals surface area contributed by atoms with Crippen LogP contribution in [0.1, 0.15) is 58.6 Å². The van der Waals surface area contributed by atoms with E-state index in [1.165, 1.54) is 32.7 Å². The van der Waals surface area contributed by atoms with E-state index in [2.05, 4.69) is 169 Å². The van der Waals surface area contributed by atoms with Gasteiger partial charge in [-0.2, -0.15) is 4.58 Å². The van der Waals surface area contributed by atoms with Crippen LogP contribution in [-0.2, 0) is 30.5 Å². The van der Waals surface area contributed by atoms with Gasteiger partial charge in [0.2, 0.25) is 5.69 Å². The van der Waals surface area contributed by atoms with Crippen LogP contribution < -0.4 is 4.90 Å². The van der Waals surface area contributed by atoms with E-state index >= 15 is 0 Å². The van der Waals surface area contributed by atoms with Gasteiger partial charge in [0.25, 0.3) is 6.47 Å². The van der Waals surface area contributed by atoms with Gasteiger partial charge in [-0.3, -0.25) is 4.79 Å². The lowest BCUT2D eigenvalue weighted by molar-refractivity contribution is -0.438. The molecule has 0 fully saturated rings. The van der Waals surface area contributed by atoms with Crippen LogP contribution in [0.4, 0.5) is 11.4 Å². The van der Waals surface area contributed by atoms with E-state index in [9.17, 15) is 17.8 Å². The Morgan fingerprint density at radius 2 is 1.36 bits per heavy atom. The van der Waals surface area contributed by atoms with E-state index in [-0.39, 0.29) is 16.6 Å². The molecule has 2 aliphatic rings. The average molecular weight is 825 g/mol. The molecule has 6 rings (SSSR count). The number of hydrogen-bond acceptors (Lipinski definition) is 6. The summed E-state index contributed by atoms with van der Waals surface area (Å²) in [5.41, 5.74) is 6.45. The van der Waals surface area contributed by atoms with Crippen molar-refractivity contribution in [1.82, 2.24) is 0 Å². The summed E-state index contributed by atoms with van der Waals surface area (Å²) in [7, 11) is -4.24. The third-order valence-corrected chi connectivity index (χ3v) is 11.3. The Morgan fingerprint density at radius 1 is 0.754 bits per heavy atom. The van der Waals surface area contributed by atoms with Crippen LogP contribution in [0.3, 0.4) is 0 Å². The molecule has 0 spiro atoms. The smallest absolute Gasteiger partial charge is 0.293 e. The van der Waals surface area contributed by atoms with Crippen molar-refractivity contribution in [3.05, 3.63) is 132 Å². The van der Waals surface area contributed by atoms with E-state index < -0.39 is 10.1 Å². The molecular weight excluding hydrogens is 777 g/mol. The van der Waals surface area contributed by atoms with E-state index in [4.69, 9.17) is 11.2 Å². The minimum absolute atomic E-state index is 0.267. The Kier molecular flexibility index (Phi) is 15.4. The number of anilines is 1. The molecule has 0 amide bonds. The number of unbranched alkanes of at least 4 members (excludes halogenated alkanes) is 1. The highest BCUT2D eigenvalue weighted by Crippen LogP contribution is 2.50. The maximum absolute atomic E-state index is 11.2. The minimum Gasteiger partial charge on any atom is -0.748 e. The number of allylic oxidation sites excluding steroid dienone is 8. The highest BCUT2D eigenvalue weighted by atomic mass is 32.2. The maximum Gasteiger partial charge on any atom is 0.293 e. The monoisotopic (exact) mass is 824 g/mol. The second-order valence-electron chi connectivity index (χ2n) is 15.2. The number of ether oxygens (including phenoxy) is 1. The van der Waals surface area contributed by atoms with Crippen LogP contribution in [0.5, 0.6) is 0 Å². The van der Waals surface area contributed by atoms with Gasteiger partial charge in [-0.1, -0.05) is 105 Å². The second-order valence-corrected chi connectivity index (χ2v) is 16.7. The third-order valence-electron chi connectivity index (χ3n) is 10.6. The molecular formula is C53H48N2O5S. The van der Waals surface area contributed by atoms with Gasteiger partial charge in [0.05, 0.1) is 22.1 Å². The second kappa shape index (κ2) is 20.8. The van der Waals surface area contributed by atoms with E-state index in [1.807, 2.05) is 36.4 Å². The first-order valence-electron chi connectivity index (χ1n) is 19.9. The number of nitrogens with zero attached hydrogens (tertiary/aromatic N) is 2. The van der Waals surface area contributed by atoms with Crippen molar-refractivity contribution in [2.45, 2.75) is 58.3 Å². The number of hydrogen-bond donors (Lipinski definition) is 0. The lowest BCUT2D eigenvalue weighted by Gasteiger charge is -2.26. The van der Waals surface area contributed by atoms with Gasteiger partial charge in [0.1, 0.15) is 13.2 Å². The molecule has 0 atom stereocenters. The minimum atomic E-state index is -4.24. The number of fused-ring (bicyclic) bond motifs is 6. The standard InChI is InChI=1S/C42H44N2O5S.C11H4/c1-41(2)37(43(26-14-15-29-50(46,47)48)35-24-22-31-16-10-12-18-33(31)39(35)41)20-8-6-5-7-9-21-38-42(3,4)40-34-19-13-11-17-32(34)23-25-36(40)44(38)27-28-49-30-45;1-3-5-7-9-11-10-8-6-4-2/h5-13,16-25,30H,14-15,26-29H2,1-4H3;1H,2H3. The Labute approximate surface area is 361 Å². The Balaban J connectivity index is 0.000000563. The SMILES string of the molecule is C#CC#CC#CC#CC#CC.CC1(C)C(/C=C/C=C/C=C/C=C2/N(CCOC=O)c3ccc4ccccc4c3C2(C)C)=[N+](CCCCS(=O)(=O)[O-])c2ccc3ccccc3c21. The molecule has 0 N–H and O–H groups in total. The Morgan fingerprint density at radius 3 is 2.02 bits per heavy atom. The summed E-state index contributed by atoms with van der Waals surface area (Å²) in [6, 6.07) is 25.4. The summed E-state index contributed by atoms with van der Waals surface area (Å²) in [4.78, 5) is 13.2. The van der Waals surface area contributed by atoms with Crippen molar-refractivity contribution in [3.8, 4) is 59.7 Å². The molecule has 0 saturated heterocycles. The third kappa shape index (κ3) is 11.0. The molecule has 4 aromatic carbocycles. The van der Waals surface area contributed by atoms with Crippen molar-refractivity contribution >= 4 is 55.2 Å². The Hall–Kier alpha value is -6.99. The normalized spacial score (nSPS) is 15.1. The predicted molar refractivity (Wildman–Crippen MR) is 248 cm³/mol. The van der Waals surface area contributed by atoms with Crippen molar-refractivity contribution in [1.29, 1.82) is 0 Å². The first-order chi connectivity index (χ1) is 29.4. The molecule has 7 nitrogen and oxygen atoms in total. The fourth-order valence-electron chi connectivity index (χ4n) is 8.03. The summed E-state index contributed by atoms with van der Waals surface area (Å²) in [5, 5.41) is 4.80. The molecule has 0 bridgehead atoms. The Bertz CT molecular complexity index is 2890. The van der Waals surface area contributed by atoms with Gasteiger partial charge in [0, 0.05) is 46.7 Å². The van der Waals surface area contributed by atoms with E-state index in [0.717, 1.165) is 22.8 Å². The largest absolute Gasteiger partial charge is 0.748 e. The highest BCUT2D eigenvalue weighted by Gasteiger charge is 2.45. The molecule has 2 aliphatic heterocycles. The molecule has 4 aromatic rings. The van der Waals surface area contributed by atoms with Crippen LogP contribution in [0, 0.1) is 59.7 Å². The molecule has 8 heteroatoms. The molecule has 0 aromatic heterocycles. The molecule has 61 heavy (non-hydrogen) atoms. The molecule has 306 valence electrons. The van der Waals surface area contributed by atoms with Crippen LogP contribution in [0.2, 0.25) is 0 Å². The zero-order valence-electron chi connectivity index (χ0n) is 35.2. The average Bonchev–Trinajstić information content (AvgIpc) is 3.59. The van der Waals surface area contributed by atoms with Gasteiger partial charge < -0.3 is 14.2 Å². The maximum atomic E-state index is 11.2. The number of carbonyl (C=O) groups excluding carboxylic acids is 1. The van der Waals surface area contributed by atoms with Crippen LogP contribution >= 0.6 is 0 Å². The van der Waals surface area contributed by atoms with Crippen molar-refractivity contribution in [2.75, 3.05) is 30.3 Å². The summed E-state index contributed by atoms with van der Waals surface area (Å²) in [5.74, 6) is 21.6.